The lowest BCUT2D eigenvalue weighted by atomic mass is 10.1. The van der Waals surface area contributed by atoms with Gasteiger partial charge in [0.25, 0.3) is 0 Å². The van der Waals surface area contributed by atoms with E-state index >= 15 is 0 Å². The van der Waals surface area contributed by atoms with Crippen LogP contribution in [-0.4, -0.2) is 44.5 Å². The first-order valence-electron chi connectivity index (χ1n) is 6.88. The molecule has 5 heteroatoms. The number of halogens is 1. The number of nitrogens with zero attached hydrogens (tertiary/aromatic N) is 1. The van der Waals surface area contributed by atoms with Crippen LogP contribution < -0.4 is 10.6 Å². The van der Waals surface area contributed by atoms with Crippen molar-refractivity contribution in [2.24, 2.45) is 5.92 Å². The molecule has 0 bridgehead atoms. The number of benzene rings is 1. The average molecular weight is 281 g/mol. The third kappa shape index (κ3) is 6.12. The molecule has 0 heterocycles. The van der Waals surface area contributed by atoms with Crippen molar-refractivity contribution in [2.45, 2.75) is 13.5 Å². The van der Waals surface area contributed by atoms with Crippen molar-refractivity contribution in [1.29, 1.82) is 0 Å². The lowest BCUT2D eigenvalue weighted by Crippen LogP contribution is -2.38. The van der Waals surface area contributed by atoms with Crippen LogP contribution in [0.4, 0.5) is 4.39 Å². The van der Waals surface area contributed by atoms with Gasteiger partial charge in [-0.2, -0.15) is 0 Å². The number of carbonyl (C=O) groups excluding carboxylic acids is 1. The van der Waals surface area contributed by atoms with Crippen molar-refractivity contribution >= 4 is 5.91 Å². The molecule has 1 unspecified atom stereocenters. The normalized spacial score (nSPS) is 12.4. The minimum atomic E-state index is -0.220. The maximum Gasteiger partial charge on any atom is 0.224 e. The molecule has 2 N–H and O–H groups in total. The predicted molar refractivity (Wildman–Crippen MR) is 78.8 cm³/mol. The van der Waals surface area contributed by atoms with E-state index in [-0.39, 0.29) is 17.6 Å². The van der Waals surface area contributed by atoms with Crippen LogP contribution in [0.15, 0.2) is 24.3 Å². The van der Waals surface area contributed by atoms with Crippen LogP contribution in [0.2, 0.25) is 0 Å². The first-order chi connectivity index (χ1) is 9.52. The van der Waals surface area contributed by atoms with Gasteiger partial charge in [-0.1, -0.05) is 19.1 Å². The minimum Gasteiger partial charge on any atom is -0.355 e. The van der Waals surface area contributed by atoms with Gasteiger partial charge in [-0.3, -0.25) is 4.79 Å². The van der Waals surface area contributed by atoms with Crippen LogP contribution >= 0.6 is 0 Å². The van der Waals surface area contributed by atoms with E-state index in [1.807, 2.05) is 21.0 Å². The van der Waals surface area contributed by atoms with Crippen molar-refractivity contribution in [1.82, 2.24) is 15.5 Å². The molecule has 1 aromatic rings. The molecule has 1 rings (SSSR count). The van der Waals surface area contributed by atoms with Gasteiger partial charge in [0, 0.05) is 32.1 Å². The predicted octanol–water partition coefficient (Wildman–Crippen LogP) is 1.23. The Kier molecular flexibility index (Phi) is 7.18. The summed E-state index contributed by atoms with van der Waals surface area (Å²) in [4.78, 5) is 13.8. The fraction of sp³-hybridized carbons (Fsp3) is 0.533. The summed E-state index contributed by atoms with van der Waals surface area (Å²) in [7, 11) is 3.81. The van der Waals surface area contributed by atoms with E-state index in [1.54, 1.807) is 12.1 Å². The second-order valence-corrected chi connectivity index (χ2v) is 5.11. The molecule has 0 saturated carbocycles. The molecule has 0 aliphatic carbocycles. The van der Waals surface area contributed by atoms with Gasteiger partial charge in [-0.15, -0.1) is 0 Å². The molecule has 0 spiro atoms. The third-order valence-corrected chi connectivity index (χ3v) is 3.12. The van der Waals surface area contributed by atoms with Crippen molar-refractivity contribution in [2.75, 3.05) is 33.7 Å². The zero-order valence-electron chi connectivity index (χ0n) is 12.4. The maximum absolute atomic E-state index is 12.8. The van der Waals surface area contributed by atoms with Crippen molar-refractivity contribution in [3.8, 4) is 0 Å². The van der Waals surface area contributed by atoms with E-state index in [2.05, 4.69) is 15.5 Å². The number of likely N-dealkylation sites (N-methyl/N-ethyl adjacent to an activating group) is 1. The summed E-state index contributed by atoms with van der Waals surface area (Å²) in [5, 5.41) is 5.90. The summed E-state index contributed by atoms with van der Waals surface area (Å²) in [6.07, 6.45) is 0. The molecule has 0 saturated heterocycles. The first kappa shape index (κ1) is 16.6. The second kappa shape index (κ2) is 8.66. The van der Waals surface area contributed by atoms with Gasteiger partial charge in [0.2, 0.25) is 5.91 Å². The highest BCUT2D eigenvalue weighted by molar-refractivity contribution is 5.78. The number of nitrogens with one attached hydrogen (secondary N) is 2. The Morgan fingerprint density at radius 3 is 2.60 bits per heavy atom. The Balaban J connectivity index is 2.24. The molecule has 0 aliphatic rings. The van der Waals surface area contributed by atoms with Crippen LogP contribution in [0, 0.1) is 11.7 Å². The standard InChI is InChI=1S/C15H24FN3O/c1-12(10-17-2)15(20)18-8-9-19(3)11-13-4-6-14(16)7-5-13/h4-7,12,17H,8-11H2,1-3H3,(H,18,20). The Labute approximate surface area is 120 Å². The van der Waals surface area contributed by atoms with Crippen LogP contribution in [-0.2, 0) is 11.3 Å². The lowest BCUT2D eigenvalue weighted by Gasteiger charge is -2.18. The van der Waals surface area contributed by atoms with Crippen LogP contribution in [0.25, 0.3) is 0 Å². The minimum absolute atomic E-state index is 0.0256. The summed E-state index contributed by atoms with van der Waals surface area (Å²) in [5.74, 6) is -0.181. The molecule has 0 aromatic heterocycles. The molecular weight excluding hydrogens is 257 g/mol. The summed E-state index contributed by atoms with van der Waals surface area (Å²) in [5.41, 5.74) is 1.06. The fourth-order valence-electron chi connectivity index (χ4n) is 1.92. The molecule has 4 nitrogen and oxygen atoms in total. The van der Waals surface area contributed by atoms with Crippen molar-refractivity contribution < 1.29 is 9.18 Å². The Morgan fingerprint density at radius 2 is 2.00 bits per heavy atom. The Morgan fingerprint density at radius 1 is 1.35 bits per heavy atom. The van der Waals surface area contributed by atoms with Gasteiger partial charge in [-0.25, -0.2) is 4.39 Å². The highest BCUT2D eigenvalue weighted by atomic mass is 19.1. The van der Waals surface area contributed by atoms with Crippen LogP contribution in [0.5, 0.6) is 0 Å². The summed E-state index contributed by atoms with van der Waals surface area (Å²) in [6, 6.07) is 6.48. The molecule has 1 aromatic carbocycles. The molecule has 0 aliphatic heterocycles. The summed E-state index contributed by atoms with van der Waals surface area (Å²) < 4.78 is 12.8. The van der Waals surface area contributed by atoms with E-state index in [9.17, 15) is 9.18 Å². The SMILES string of the molecule is CNCC(C)C(=O)NCCN(C)Cc1ccc(F)cc1. The summed E-state index contributed by atoms with van der Waals surface area (Å²) in [6.45, 7) is 4.69. The number of hydrogen-bond acceptors (Lipinski definition) is 3. The van der Waals surface area contributed by atoms with Gasteiger partial charge in [0.15, 0.2) is 0 Å². The molecular formula is C15H24FN3O. The first-order valence-corrected chi connectivity index (χ1v) is 6.88. The van der Waals surface area contributed by atoms with Gasteiger partial charge < -0.3 is 15.5 Å². The van der Waals surface area contributed by atoms with Gasteiger partial charge in [0.1, 0.15) is 5.82 Å². The van der Waals surface area contributed by atoms with Crippen LogP contribution in [0.1, 0.15) is 12.5 Å². The van der Waals surface area contributed by atoms with E-state index in [0.717, 1.165) is 18.7 Å². The van der Waals surface area contributed by atoms with E-state index in [1.165, 1.54) is 12.1 Å². The number of carbonyl (C=O) groups is 1. The molecule has 20 heavy (non-hydrogen) atoms. The van der Waals surface area contributed by atoms with Gasteiger partial charge in [0.05, 0.1) is 0 Å². The Hall–Kier alpha value is -1.46. The Bertz CT molecular complexity index is 408. The smallest absolute Gasteiger partial charge is 0.224 e. The number of hydrogen-bond donors (Lipinski definition) is 2. The largest absolute Gasteiger partial charge is 0.355 e. The highest BCUT2D eigenvalue weighted by Gasteiger charge is 2.11. The quantitative estimate of drug-likeness (QED) is 0.753. The van der Waals surface area contributed by atoms with Crippen molar-refractivity contribution in [3.63, 3.8) is 0 Å². The highest BCUT2D eigenvalue weighted by Crippen LogP contribution is 2.05. The zero-order chi connectivity index (χ0) is 15.0. The monoisotopic (exact) mass is 281 g/mol. The lowest BCUT2D eigenvalue weighted by molar-refractivity contribution is -0.124. The van der Waals surface area contributed by atoms with E-state index in [4.69, 9.17) is 0 Å². The molecule has 0 fully saturated rings. The van der Waals surface area contributed by atoms with E-state index < -0.39 is 0 Å². The fourth-order valence-corrected chi connectivity index (χ4v) is 1.92. The molecule has 112 valence electrons. The van der Waals surface area contributed by atoms with Gasteiger partial charge in [-0.05, 0) is 31.8 Å². The topological polar surface area (TPSA) is 44.4 Å². The number of rotatable bonds is 8. The average Bonchev–Trinajstić information content (AvgIpc) is 2.41. The molecule has 1 atom stereocenters. The second-order valence-electron chi connectivity index (χ2n) is 5.11. The van der Waals surface area contributed by atoms with E-state index in [0.29, 0.717) is 13.1 Å². The molecule has 1 amide bonds. The third-order valence-electron chi connectivity index (χ3n) is 3.12. The number of amides is 1. The van der Waals surface area contributed by atoms with Crippen molar-refractivity contribution in [3.05, 3.63) is 35.6 Å². The molecule has 0 radical (unpaired) electrons. The zero-order valence-corrected chi connectivity index (χ0v) is 12.4. The van der Waals surface area contributed by atoms with Crippen LogP contribution in [0.3, 0.4) is 0 Å². The van der Waals surface area contributed by atoms with Gasteiger partial charge >= 0.3 is 0 Å². The summed E-state index contributed by atoms with van der Waals surface area (Å²) >= 11 is 0. The maximum atomic E-state index is 12.8.